The van der Waals surface area contributed by atoms with E-state index in [0.29, 0.717) is 0 Å². The van der Waals surface area contributed by atoms with E-state index < -0.39 is 0 Å². The SMILES string of the molecule is Cc1ccccc1-c1ccc(SCc2ccncc2)nn1. The van der Waals surface area contributed by atoms with Crippen molar-refractivity contribution in [2.45, 2.75) is 17.7 Å². The fourth-order valence-corrected chi connectivity index (χ4v) is 2.81. The molecule has 0 aliphatic heterocycles. The smallest absolute Gasteiger partial charge is 0.119 e. The molecule has 0 bridgehead atoms. The van der Waals surface area contributed by atoms with Gasteiger partial charge in [0.15, 0.2) is 0 Å². The van der Waals surface area contributed by atoms with E-state index in [1.54, 1.807) is 11.8 Å². The van der Waals surface area contributed by atoms with Gasteiger partial charge in [-0.25, -0.2) is 0 Å². The molecular weight excluding hydrogens is 278 g/mol. The topological polar surface area (TPSA) is 38.7 Å². The van der Waals surface area contributed by atoms with Crippen LogP contribution in [0.1, 0.15) is 11.1 Å². The Balaban J connectivity index is 1.71. The van der Waals surface area contributed by atoms with Crippen LogP contribution in [0.3, 0.4) is 0 Å². The molecule has 104 valence electrons. The zero-order chi connectivity index (χ0) is 14.5. The van der Waals surface area contributed by atoms with E-state index >= 15 is 0 Å². The number of benzene rings is 1. The molecule has 0 aliphatic rings. The van der Waals surface area contributed by atoms with E-state index in [2.05, 4.69) is 34.2 Å². The van der Waals surface area contributed by atoms with Crippen molar-refractivity contribution in [1.82, 2.24) is 15.2 Å². The minimum Gasteiger partial charge on any atom is -0.265 e. The summed E-state index contributed by atoms with van der Waals surface area (Å²) in [6.45, 7) is 2.09. The van der Waals surface area contributed by atoms with Gasteiger partial charge >= 0.3 is 0 Å². The van der Waals surface area contributed by atoms with Gasteiger partial charge in [0.2, 0.25) is 0 Å². The largest absolute Gasteiger partial charge is 0.265 e. The number of hydrogen-bond acceptors (Lipinski definition) is 4. The Morgan fingerprint density at radius 1 is 0.905 bits per heavy atom. The molecular formula is C17H15N3S. The maximum Gasteiger partial charge on any atom is 0.119 e. The van der Waals surface area contributed by atoms with Crippen LogP contribution in [0.2, 0.25) is 0 Å². The summed E-state index contributed by atoms with van der Waals surface area (Å²) < 4.78 is 0. The summed E-state index contributed by atoms with van der Waals surface area (Å²) in [6.07, 6.45) is 3.62. The second kappa shape index (κ2) is 6.50. The van der Waals surface area contributed by atoms with Crippen molar-refractivity contribution in [3.05, 3.63) is 72.1 Å². The summed E-state index contributed by atoms with van der Waals surface area (Å²) in [4.78, 5) is 4.02. The number of hydrogen-bond donors (Lipinski definition) is 0. The Hall–Kier alpha value is -2.20. The third-order valence-corrected chi connectivity index (χ3v) is 4.19. The van der Waals surface area contributed by atoms with Gasteiger partial charge in [-0.3, -0.25) is 4.98 Å². The molecule has 3 rings (SSSR count). The van der Waals surface area contributed by atoms with E-state index in [4.69, 9.17) is 0 Å². The molecule has 0 amide bonds. The first-order valence-electron chi connectivity index (χ1n) is 6.74. The molecule has 3 aromatic rings. The van der Waals surface area contributed by atoms with Crippen LogP contribution in [-0.4, -0.2) is 15.2 Å². The standard InChI is InChI=1S/C17H15N3S/c1-13-4-2-3-5-15(13)16-6-7-17(20-19-16)21-12-14-8-10-18-11-9-14/h2-11H,12H2,1H3. The summed E-state index contributed by atoms with van der Waals surface area (Å²) in [5.41, 5.74) is 4.50. The predicted molar refractivity (Wildman–Crippen MR) is 86.0 cm³/mol. The van der Waals surface area contributed by atoms with Crippen molar-refractivity contribution in [2.75, 3.05) is 0 Å². The molecule has 0 saturated heterocycles. The van der Waals surface area contributed by atoms with Gasteiger partial charge in [-0.05, 0) is 42.3 Å². The average Bonchev–Trinajstić information content (AvgIpc) is 2.55. The number of aromatic nitrogens is 3. The third kappa shape index (κ3) is 3.47. The van der Waals surface area contributed by atoms with Crippen LogP contribution in [0, 0.1) is 6.92 Å². The number of thioether (sulfide) groups is 1. The minimum absolute atomic E-state index is 0.876. The van der Waals surface area contributed by atoms with Crippen molar-refractivity contribution < 1.29 is 0 Å². The monoisotopic (exact) mass is 293 g/mol. The Kier molecular flexibility index (Phi) is 4.26. The van der Waals surface area contributed by atoms with E-state index in [1.807, 2.05) is 48.8 Å². The lowest BCUT2D eigenvalue weighted by Crippen LogP contribution is -1.91. The number of aryl methyl sites for hydroxylation is 1. The minimum atomic E-state index is 0.876. The summed E-state index contributed by atoms with van der Waals surface area (Å²) in [5, 5.41) is 9.58. The van der Waals surface area contributed by atoms with Gasteiger partial charge in [0.05, 0.1) is 5.69 Å². The van der Waals surface area contributed by atoms with Crippen LogP contribution in [0.25, 0.3) is 11.3 Å². The Labute approximate surface area is 128 Å². The van der Waals surface area contributed by atoms with E-state index in [-0.39, 0.29) is 0 Å². The second-order valence-corrected chi connectivity index (χ2v) is 5.71. The Bertz CT molecular complexity index is 712. The highest BCUT2D eigenvalue weighted by atomic mass is 32.2. The third-order valence-electron chi connectivity index (χ3n) is 3.20. The van der Waals surface area contributed by atoms with Crippen molar-refractivity contribution in [3.8, 4) is 11.3 Å². The van der Waals surface area contributed by atoms with E-state index in [9.17, 15) is 0 Å². The molecule has 3 nitrogen and oxygen atoms in total. The summed E-state index contributed by atoms with van der Waals surface area (Å²) in [7, 11) is 0. The fourth-order valence-electron chi connectivity index (χ4n) is 2.04. The second-order valence-electron chi connectivity index (χ2n) is 4.72. The first-order valence-corrected chi connectivity index (χ1v) is 7.73. The molecule has 2 aromatic heterocycles. The van der Waals surface area contributed by atoms with Gasteiger partial charge in [-0.2, -0.15) is 0 Å². The molecule has 0 N–H and O–H groups in total. The quantitative estimate of drug-likeness (QED) is 0.678. The molecule has 0 aliphatic carbocycles. The van der Waals surface area contributed by atoms with Crippen molar-refractivity contribution in [3.63, 3.8) is 0 Å². The molecule has 1 aromatic carbocycles. The van der Waals surface area contributed by atoms with Crippen LogP contribution < -0.4 is 0 Å². The number of rotatable bonds is 4. The summed E-state index contributed by atoms with van der Waals surface area (Å²) in [6, 6.07) is 16.3. The lowest BCUT2D eigenvalue weighted by atomic mass is 10.1. The summed E-state index contributed by atoms with van der Waals surface area (Å²) in [5.74, 6) is 0.876. The normalized spacial score (nSPS) is 10.5. The lowest BCUT2D eigenvalue weighted by Gasteiger charge is -2.05. The van der Waals surface area contributed by atoms with Crippen molar-refractivity contribution in [2.24, 2.45) is 0 Å². The first-order chi connectivity index (χ1) is 10.3. The predicted octanol–water partition coefficient (Wildman–Crippen LogP) is 4.14. The van der Waals surface area contributed by atoms with Crippen LogP contribution >= 0.6 is 11.8 Å². The molecule has 0 unspecified atom stereocenters. The molecule has 0 radical (unpaired) electrons. The van der Waals surface area contributed by atoms with Crippen LogP contribution in [0.5, 0.6) is 0 Å². The Morgan fingerprint density at radius 2 is 1.71 bits per heavy atom. The van der Waals surface area contributed by atoms with Gasteiger partial charge in [-0.15, -0.1) is 10.2 Å². The molecule has 0 spiro atoms. The van der Waals surface area contributed by atoms with Gasteiger partial charge in [-0.1, -0.05) is 36.0 Å². The first kappa shape index (κ1) is 13.8. The molecule has 0 fully saturated rings. The lowest BCUT2D eigenvalue weighted by molar-refractivity contribution is 0.934. The van der Waals surface area contributed by atoms with Crippen LogP contribution in [0.15, 0.2) is 66.0 Å². The van der Waals surface area contributed by atoms with Crippen molar-refractivity contribution in [1.29, 1.82) is 0 Å². The highest BCUT2D eigenvalue weighted by Crippen LogP contribution is 2.24. The zero-order valence-electron chi connectivity index (χ0n) is 11.7. The van der Waals surface area contributed by atoms with Crippen LogP contribution in [0.4, 0.5) is 0 Å². The maximum atomic E-state index is 4.34. The van der Waals surface area contributed by atoms with Crippen LogP contribution in [-0.2, 0) is 5.75 Å². The molecule has 4 heteroatoms. The molecule has 0 atom stereocenters. The number of pyridine rings is 1. The average molecular weight is 293 g/mol. The van der Waals surface area contributed by atoms with Gasteiger partial charge in [0.25, 0.3) is 0 Å². The van der Waals surface area contributed by atoms with Gasteiger partial charge in [0, 0.05) is 23.7 Å². The number of nitrogens with zero attached hydrogens (tertiary/aromatic N) is 3. The Morgan fingerprint density at radius 3 is 2.43 bits per heavy atom. The van der Waals surface area contributed by atoms with Gasteiger partial charge in [0.1, 0.15) is 5.03 Å². The molecule has 2 heterocycles. The molecule has 21 heavy (non-hydrogen) atoms. The summed E-state index contributed by atoms with van der Waals surface area (Å²) >= 11 is 1.68. The maximum absolute atomic E-state index is 4.34. The highest BCUT2D eigenvalue weighted by molar-refractivity contribution is 7.98. The van der Waals surface area contributed by atoms with E-state index in [1.165, 1.54) is 11.1 Å². The van der Waals surface area contributed by atoms with E-state index in [0.717, 1.165) is 22.0 Å². The molecule has 0 saturated carbocycles. The zero-order valence-corrected chi connectivity index (χ0v) is 12.5. The van der Waals surface area contributed by atoms with Gasteiger partial charge < -0.3 is 0 Å². The van der Waals surface area contributed by atoms with Crippen molar-refractivity contribution >= 4 is 11.8 Å². The fraction of sp³-hybridized carbons (Fsp3) is 0.118. The highest BCUT2D eigenvalue weighted by Gasteiger charge is 2.04.